The van der Waals surface area contributed by atoms with Gasteiger partial charge in [-0.25, -0.2) is 0 Å². The number of hydrogen-bond acceptors (Lipinski definition) is 2. The Bertz CT molecular complexity index is 793. The van der Waals surface area contributed by atoms with Gasteiger partial charge >= 0.3 is 0 Å². The topological polar surface area (TPSA) is 52.9 Å². The van der Waals surface area contributed by atoms with Crippen LogP contribution in [0.2, 0.25) is 0 Å². The smallest absolute Gasteiger partial charge is 0.226 e. The van der Waals surface area contributed by atoms with E-state index in [9.17, 15) is 4.79 Å². The number of hydrogen-bond donors (Lipinski definition) is 1. The Morgan fingerprint density at radius 2 is 2.00 bits per heavy atom. The number of nitrogens with one attached hydrogen (secondary N) is 1. The van der Waals surface area contributed by atoms with Crippen LogP contribution in [0.4, 0.5) is 5.69 Å². The summed E-state index contributed by atoms with van der Waals surface area (Å²) in [6, 6.07) is 12.4. The Hall–Kier alpha value is -2.76. The Morgan fingerprint density at radius 1 is 1.22 bits per heavy atom. The molecule has 3 rings (SSSR count). The van der Waals surface area contributed by atoms with Crippen LogP contribution in [-0.2, 0) is 24.9 Å². The molecule has 1 aromatic heterocycles. The van der Waals surface area contributed by atoms with Crippen LogP contribution >= 0.6 is 0 Å². The van der Waals surface area contributed by atoms with E-state index < -0.39 is 0 Å². The first-order chi connectivity index (χ1) is 13.1. The number of aromatic nitrogens is 1. The fourth-order valence-corrected chi connectivity index (χ4v) is 3.42. The molecule has 6 nitrogen and oxygen atoms in total. The number of carbonyl (C=O) groups is 1. The molecule has 1 aromatic carbocycles. The number of guanidine groups is 1. The number of piperidine rings is 1. The average molecular weight is 367 g/mol. The highest BCUT2D eigenvalue weighted by molar-refractivity contribution is 5.93. The third kappa shape index (κ3) is 4.70. The lowest BCUT2D eigenvalue weighted by atomic mass is 10.1. The van der Waals surface area contributed by atoms with E-state index >= 15 is 0 Å². The molecule has 0 spiro atoms. The number of anilines is 1. The van der Waals surface area contributed by atoms with Gasteiger partial charge in [0.15, 0.2) is 5.96 Å². The lowest BCUT2D eigenvalue weighted by Gasteiger charge is -2.27. The van der Waals surface area contributed by atoms with E-state index in [2.05, 4.69) is 38.0 Å². The summed E-state index contributed by atoms with van der Waals surface area (Å²) in [6.45, 7) is 2.31. The predicted octanol–water partition coefficient (Wildman–Crippen LogP) is 2.75. The largest absolute Gasteiger partial charge is 0.353 e. The van der Waals surface area contributed by atoms with E-state index in [-0.39, 0.29) is 5.91 Å². The second kappa shape index (κ2) is 8.75. The molecule has 2 heterocycles. The van der Waals surface area contributed by atoms with Gasteiger partial charge in [0.2, 0.25) is 5.91 Å². The van der Waals surface area contributed by atoms with Crippen molar-refractivity contribution in [1.29, 1.82) is 0 Å². The van der Waals surface area contributed by atoms with Crippen LogP contribution in [0, 0.1) is 0 Å². The summed E-state index contributed by atoms with van der Waals surface area (Å²) in [5.41, 5.74) is 3.39. The average Bonchev–Trinajstić information content (AvgIpc) is 3.08. The zero-order chi connectivity index (χ0) is 19.2. The third-order valence-electron chi connectivity index (χ3n) is 5.05. The van der Waals surface area contributed by atoms with Gasteiger partial charge in [-0.2, -0.15) is 0 Å². The van der Waals surface area contributed by atoms with E-state index in [4.69, 9.17) is 0 Å². The molecule has 1 aliphatic rings. The molecule has 1 saturated heterocycles. The minimum atomic E-state index is 0.231. The standard InChI is InChI=1S/C21H29N5O/c1-22-21(25(3)16-19-7-6-13-24(19)2)23-15-17-9-11-18(12-10-17)26-14-5-4-8-20(26)27/h6-7,9-13H,4-5,8,14-16H2,1-3H3,(H,22,23). The van der Waals surface area contributed by atoms with E-state index in [1.54, 1.807) is 7.05 Å². The molecule has 0 saturated carbocycles. The minimum Gasteiger partial charge on any atom is -0.353 e. The lowest BCUT2D eigenvalue weighted by molar-refractivity contribution is -0.119. The molecule has 1 N–H and O–H groups in total. The first kappa shape index (κ1) is 19.0. The number of benzene rings is 1. The van der Waals surface area contributed by atoms with E-state index in [0.717, 1.165) is 43.1 Å². The summed E-state index contributed by atoms with van der Waals surface area (Å²) in [4.78, 5) is 20.4. The van der Waals surface area contributed by atoms with Gasteiger partial charge in [-0.1, -0.05) is 12.1 Å². The minimum absolute atomic E-state index is 0.231. The molecular formula is C21H29N5O. The zero-order valence-electron chi connectivity index (χ0n) is 16.5. The summed E-state index contributed by atoms with van der Waals surface area (Å²) in [5.74, 6) is 1.08. The Labute approximate surface area is 161 Å². The highest BCUT2D eigenvalue weighted by atomic mass is 16.2. The van der Waals surface area contributed by atoms with Gasteiger partial charge in [-0.15, -0.1) is 0 Å². The molecule has 0 aliphatic carbocycles. The SMILES string of the molecule is CN=C(NCc1ccc(N2CCCCC2=O)cc1)N(C)Cc1cccn1C. The van der Waals surface area contributed by atoms with Crippen molar-refractivity contribution in [3.63, 3.8) is 0 Å². The molecule has 0 atom stereocenters. The predicted molar refractivity (Wildman–Crippen MR) is 110 cm³/mol. The van der Waals surface area contributed by atoms with Crippen LogP contribution < -0.4 is 10.2 Å². The highest BCUT2D eigenvalue weighted by Crippen LogP contribution is 2.21. The number of aliphatic imine (C=N–C) groups is 1. The summed E-state index contributed by atoms with van der Waals surface area (Å²) in [5, 5.41) is 3.41. The fraction of sp³-hybridized carbons (Fsp3) is 0.429. The van der Waals surface area contributed by atoms with Crippen molar-refractivity contribution in [3.8, 4) is 0 Å². The van der Waals surface area contributed by atoms with E-state index in [0.29, 0.717) is 13.0 Å². The zero-order valence-corrected chi connectivity index (χ0v) is 16.5. The number of carbonyl (C=O) groups excluding carboxylic acids is 1. The van der Waals surface area contributed by atoms with E-state index in [1.165, 1.54) is 5.69 Å². The van der Waals surface area contributed by atoms with Gasteiger partial charge in [-0.05, 0) is 42.7 Å². The molecule has 1 amide bonds. The van der Waals surface area contributed by atoms with Gasteiger partial charge < -0.3 is 19.7 Å². The molecule has 0 bridgehead atoms. The second-order valence-corrected chi connectivity index (χ2v) is 7.04. The molecule has 0 radical (unpaired) electrons. The van der Waals surface area contributed by atoms with Crippen LogP contribution in [0.3, 0.4) is 0 Å². The van der Waals surface area contributed by atoms with E-state index in [1.807, 2.05) is 43.4 Å². The van der Waals surface area contributed by atoms with Gasteiger partial charge in [0, 0.05) is 58.2 Å². The van der Waals surface area contributed by atoms with Crippen molar-refractivity contribution in [2.24, 2.45) is 12.0 Å². The summed E-state index contributed by atoms with van der Waals surface area (Å²) >= 11 is 0. The molecule has 1 aliphatic heterocycles. The van der Waals surface area contributed by atoms with Gasteiger partial charge in [-0.3, -0.25) is 9.79 Å². The molecule has 0 unspecified atom stereocenters. The quantitative estimate of drug-likeness (QED) is 0.653. The van der Waals surface area contributed by atoms with Gasteiger partial charge in [0.1, 0.15) is 0 Å². The first-order valence-corrected chi connectivity index (χ1v) is 9.50. The number of amides is 1. The maximum Gasteiger partial charge on any atom is 0.226 e. The molecule has 2 aromatic rings. The maximum atomic E-state index is 12.1. The molecule has 6 heteroatoms. The van der Waals surface area contributed by atoms with Crippen molar-refractivity contribution in [2.75, 3.05) is 25.5 Å². The third-order valence-corrected chi connectivity index (χ3v) is 5.05. The number of rotatable bonds is 5. The van der Waals surface area contributed by atoms with Crippen LogP contribution in [0.5, 0.6) is 0 Å². The fourth-order valence-electron chi connectivity index (χ4n) is 3.42. The summed E-state index contributed by atoms with van der Waals surface area (Å²) in [6.07, 6.45) is 4.80. The summed E-state index contributed by atoms with van der Waals surface area (Å²) in [7, 11) is 5.89. The Morgan fingerprint density at radius 3 is 2.63 bits per heavy atom. The molecule has 1 fully saturated rings. The monoisotopic (exact) mass is 367 g/mol. The Kier molecular flexibility index (Phi) is 6.16. The molecular weight excluding hydrogens is 338 g/mol. The van der Waals surface area contributed by atoms with Crippen molar-refractivity contribution in [3.05, 3.63) is 53.9 Å². The van der Waals surface area contributed by atoms with Crippen molar-refractivity contribution < 1.29 is 4.79 Å². The van der Waals surface area contributed by atoms with Crippen molar-refractivity contribution >= 4 is 17.6 Å². The van der Waals surface area contributed by atoms with Crippen molar-refractivity contribution in [2.45, 2.75) is 32.4 Å². The van der Waals surface area contributed by atoms with Crippen LogP contribution in [0.15, 0.2) is 47.6 Å². The first-order valence-electron chi connectivity index (χ1n) is 9.50. The van der Waals surface area contributed by atoms with Gasteiger partial charge in [0.25, 0.3) is 0 Å². The Balaban J connectivity index is 1.56. The number of nitrogens with zero attached hydrogens (tertiary/aromatic N) is 4. The van der Waals surface area contributed by atoms with Crippen LogP contribution in [0.1, 0.15) is 30.5 Å². The van der Waals surface area contributed by atoms with Gasteiger partial charge in [0.05, 0.1) is 6.54 Å². The van der Waals surface area contributed by atoms with Crippen LogP contribution in [0.25, 0.3) is 0 Å². The highest BCUT2D eigenvalue weighted by Gasteiger charge is 2.19. The maximum absolute atomic E-state index is 12.1. The van der Waals surface area contributed by atoms with Crippen molar-refractivity contribution in [1.82, 2.24) is 14.8 Å². The number of aryl methyl sites for hydroxylation is 1. The summed E-state index contributed by atoms with van der Waals surface area (Å²) < 4.78 is 2.12. The second-order valence-electron chi connectivity index (χ2n) is 7.04. The van der Waals surface area contributed by atoms with Crippen LogP contribution in [-0.4, -0.2) is 42.0 Å². The molecule has 144 valence electrons. The lowest BCUT2D eigenvalue weighted by Crippen LogP contribution is -2.38. The normalized spacial score (nSPS) is 15.1. The molecule has 27 heavy (non-hydrogen) atoms.